The van der Waals surface area contributed by atoms with Gasteiger partial charge in [-0.25, -0.2) is 23.5 Å². The van der Waals surface area contributed by atoms with Gasteiger partial charge in [-0.1, -0.05) is 0 Å². The number of hydrogen-bond donors (Lipinski definition) is 0. The average Bonchev–Trinajstić information content (AvgIpc) is 2.78. The normalized spacial score (nSPS) is 16.0. The molecule has 1 aromatic carbocycles. The second kappa shape index (κ2) is 7.60. The Hall–Kier alpha value is -2.14. The van der Waals surface area contributed by atoms with Crippen LogP contribution in [0.2, 0.25) is 0 Å². The summed E-state index contributed by atoms with van der Waals surface area (Å²) in [7, 11) is 0.975. The van der Waals surface area contributed by atoms with Gasteiger partial charge in [0.05, 0.1) is 12.8 Å². The molecule has 6 nitrogen and oxygen atoms in total. The van der Waals surface area contributed by atoms with Crippen molar-refractivity contribution < 1.29 is 27.5 Å². The molecule has 1 aliphatic rings. The molecule has 2 heterocycles. The standard InChI is InChI=1S/C18H14Br2F3N3O3/c1-18(2)16(27)26(10-6-9(21)15(29-3)14(23)13(10)22)17(28)25(18)7-8-4-11(19)24-12(20)5-8/h4-6H,7H2,1-3H3. The Kier molecular flexibility index (Phi) is 5.65. The molecule has 0 spiro atoms. The Morgan fingerprint density at radius 1 is 1.07 bits per heavy atom. The van der Waals surface area contributed by atoms with E-state index in [9.17, 15) is 22.8 Å². The van der Waals surface area contributed by atoms with Crippen molar-refractivity contribution in [2.75, 3.05) is 12.0 Å². The third-order valence-corrected chi connectivity index (χ3v) is 5.34. The van der Waals surface area contributed by atoms with Gasteiger partial charge >= 0.3 is 6.03 Å². The lowest BCUT2D eigenvalue weighted by Crippen LogP contribution is -2.43. The number of nitrogens with zero attached hydrogens (tertiary/aromatic N) is 3. The third-order valence-electron chi connectivity index (χ3n) is 4.53. The maximum Gasteiger partial charge on any atom is 0.332 e. The van der Waals surface area contributed by atoms with E-state index >= 15 is 0 Å². The number of hydrogen-bond acceptors (Lipinski definition) is 4. The van der Waals surface area contributed by atoms with Crippen LogP contribution in [0.25, 0.3) is 0 Å². The van der Waals surface area contributed by atoms with Crippen LogP contribution < -0.4 is 9.64 Å². The van der Waals surface area contributed by atoms with Crippen LogP contribution in [0.4, 0.5) is 23.7 Å². The van der Waals surface area contributed by atoms with E-state index in [1.165, 1.54) is 18.7 Å². The first-order valence-corrected chi connectivity index (χ1v) is 9.77. The predicted molar refractivity (Wildman–Crippen MR) is 105 cm³/mol. The van der Waals surface area contributed by atoms with Crippen molar-refractivity contribution in [1.82, 2.24) is 9.88 Å². The highest BCUT2D eigenvalue weighted by molar-refractivity contribution is 9.11. The van der Waals surface area contributed by atoms with E-state index in [1.807, 2.05) is 0 Å². The molecule has 3 amide bonds. The molecule has 0 unspecified atom stereocenters. The van der Waals surface area contributed by atoms with Gasteiger partial charge in [0.15, 0.2) is 17.4 Å². The number of halogens is 5. The summed E-state index contributed by atoms with van der Waals surface area (Å²) in [6.07, 6.45) is 0. The molecule has 1 saturated heterocycles. The molecular weight excluding hydrogens is 523 g/mol. The zero-order valence-corrected chi connectivity index (χ0v) is 18.6. The maximum absolute atomic E-state index is 14.5. The quantitative estimate of drug-likeness (QED) is 0.320. The molecule has 0 aliphatic carbocycles. The SMILES string of the molecule is COc1c(F)cc(N2C(=O)N(Cc3cc(Br)nc(Br)c3)C(C)(C)C2=O)c(F)c1F. The molecule has 154 valence electrons. The summed E-state index contributed by atoms with van der Waals surface area (Å²) in [5, 5.41) is 0. The summed E-state index contributed by atoms with van der Waals surface area (Å²) in [4.78, 5) is 31.6. The molecule has 1 aromatic heterocycles. The summed E-state index contributed by atoms with van der Waals surface area (Å²) < 4.78 is 48.3. The highest BCUT2D eigenvalue weighted by Gasteiger charge is 2.52. The van der Waals surface area contributed by atoms with Crippen molar-refractivity contribution in [3.05, 3.63) is 50.4 Å². The minimum atomic E-state index is -1.62. The van der Waals surface area contributed by atoms with Gasteiger partial charge in [0.1, 0.15) is 14.7 Å². The van der Waals surface area contributed by atoms with Crippen LogP contribution in [0, 0.1) is 17.5 Å². The Labute approximate surface area is 180 Å². The maximum atomic E-state index is 14.5. The van der Waals surface area contributed by atoms with Crippen molar-refractivity contribution in [3.8, 4) is 5.75 Å². The van der Waals surface area contributed by atoms with E-state index in [-0.39, 0.29) is 6.54 Å². The minimum Gasteiger partial charge on any atom is -0.491 e. The number of ether oxygens (including phenoxy) is 1. The van der Waals surface area contributed by atoms with E-state index in [0.717, 1.165) is 7.11 Å². The fraction of sp³-hybridized carbons (Fsp3) is 0.278. The summed E-state index contributed by atoms with van der Waals surface area (Å²) in [6, 6.07) is 2.95. The van der Waals surface area contributed by atoms with Crippen LogP contribution >= 0.6 is 31.9 Å². The Bertz CT molecular complexity index is 1010. The number of anilines is 1. The topological polar surface area (TPSA) is 62.7 Å². The largest absolute Gasteiger partial charge is 0.491 e. The van der Waals surface area contributed by atoms with Crippen molar-refractivity contribution in [1.29, 1.82) is 0 Å². The van der Waals surface area contributed by atoms with E-state index in [4.69, 9.17) is 0 Å². The second-order valence-corrected chi connectivity index (χ2v) is 8.35. The molecule has 1 fully saturated rings. The highest BCUT2D eigenvalue weighted by atomic mass is 79.9. The Balaban J connectivity index is 2.05. The van der Waals surface area contributed by atoms with Crippen LogP contribution in [0.3, 0.4) is 0 Å². The first-order chi connectivity index (χ1) is 13.5. The van der Waals surface area contributed by atoms with E-state index < -0.39 is 46.4 Å². The van der Waals surface area contributed by atoms with Gasteiger partial charge in [-0.15, -0.1) is 0 Å². The summed E-state index contributed by atoms with van der Waals surface area (Å²) >= 11 is 6.48. The van der Waals surface area contributed by atoms with Gasteiger partial charge in [-0.2, -0.15) is 4.39 Å². The number of amides is 3. The molecule has 11 heteroatoms. The zero-order valence-electron chi connectivity index (χ0n) is 15.4. The fourth-order valence-corrected chi connectivity index (χ4v) is 4.23. The Morgan fingerprint density at radius 3 is 2.21 bits per heavy atom. The second-order valence-electron chi connectivity index (χ2n) is 6.73. The molecule has 0 saturated carbocycles. The molecule has 3 rings (SSSR count). The number of urea groups is 1. The lowest BCUT2D eigenvalue weighted by Gasteiger charge is -2.27. The summed E-state index contributed by atoms with van der Waals surface area (Å²) in [6.45, 7) is 2.91. The molecule has 2 aromatic rings. The first-order valence-electron chi connectivity index (χ1n) is 8.18. The van der Waals surface area contributed by atoms with Gasteiger partial charge in [-0.05, 0) is 63.4 Å². The average molecular weight is 537 g/mol. The van der Waals surface area contributed by atoms with Crippen molar-refractivity contribution >= 4 is 49.5 Å². The van der Waals surface area contributed by atoms with E-state index in [0.29, 0.717) is 25.7 Å². The van der Waals surface area contributed by atoms with E-state index in [1.54, 1.807) is 12.1 Å². The van der Waals surface area contributed by atoms with Crippen LogP contribution in [-0.4, -0.2) is 34.5 Å². The van der Waals surface area contributed by atoms with Crippen LogP contribution in [-0.2, 0) is 11.3 Å². The number of carbonyl (C=O) groups is 2. The lowest BCUT2D eigenvalue weighted by atomic mass is 10.0. The summed E-state index contributed by atoms with van der Waals surface area (Å²) in [5.74, 6) is -6.18. The number of aromatic nitrogens is 1. The molecule has 0 bridgehead atoms. The van der Waals surface area contributed by atoms with Crippen molar-refractivity contribution in [2.45, 2.75) is 25.9 Å². The van der Waals surface area contributed by atoms with Gasteiger partial charge in [0.2, 0.25) is 5.82 Å². The third kappa shape index (κ3) is 3.61. The number of imide groups is 1. The van der Waals surface area contributed by atoms with Crippen LogP contribution in [0.1, 0.15) is 19.4 Å². The molecule has 0 N–H and O–H groups in total. The predicted octanol–water partition coefficient (Wildman–Crippen LogP) is 4.78. The Morgan fingerprint density at radius 2 is 1.66 bits per heavy atom. The molecular formula is C18H14Br2F3N3O3. The number of carbonyl (C=O) groups excluding carboxylic acids is 2. The van der Waals surface area contributed by atoms with Crippen molar-refractivity contribution in [3.63, 3.8) is 0 Å². The van der Waals surface area contributed by atoms with Crippen LogP contribution in [0.15, 0.2) is 27.4 Å². The lowest BCUT2D eigenvalue weighted by molar-refractivity contribution is -0.123. The monoisotopic (exact) mass is 535 g/mol. The van der Waals surface area contributed by atoms with Crippen molar-refractivity contribution in [2.24, 2.45) is 0 Å². The minimum absolute atomic E-state index is 0.0173. The van der Waals surface area contributed by atoms with Gasteiger partial charge in [0, 0.05) is 12.6 Å². The number of rotatable bonds is 4. The summed E-state index contributed by atoms with van der Waals surface area (Å²) in [5.41, 5.74) is -1.58. The fourth-order valence-electron chi connectivity index (χ4n) is 3.02. The van der Waals surface area contributed by atoms with Gasteiger partial charge in [0.25, 0.3) is 5.91 Å². The highest BCUT2D eigenvalue weighted by Crippen LogP contribution is 2.38. The van der Waals surface area contributed by atoms with Crippen LogP contribution in [0.5, 0.6) is 5.75 Å². The smallest absolute Gasteiger partial charge is 0.332 e. The van der Waals surface area contributed by atoms with E-state index in [2.05, 4.69) is 41.6 Å². The molecule has 1 aliphatic heterocycles. The molecule has 0 radical (unpaired) electrons. The number of pyridine rings is 1. The van der Waals surface area contributed by atoms with Gasteiger partial charge in [-0.3, -0.25) is 4.79 Å². The molecule has 29 heavy (non-hydrogen) atoms. The molecule has 0 atom stereocenters. The zero-order chi connectivity index (χ0) is 21.7. The first kappa shape index (κ1) is 21.6. The number of methoxy groups -OCH3 is 1. The number of benzene rings is 1. The van der Waals surface area contributed by atoms with Gasteiger partial charge < -0.3 is 9.64 Å².